The van der Waals surface area contributed by atoms with Crippen LogP contribution in [-0.2, 0) is 13.0 Å². The van der Waals surface area contributed by atoms with Gasteiger partial charge < -0.3 is 5.32 Å². The zero-order valence-electron chi connectivity index (χ0n) is 14.0. The highest BCUT2D eigenvalue weighted by Gasteiger charge is 2.20. The third-order valence-electron chi connectivity index (χ3n) is 4.54. The highest BCUT2D eigenvalue weighted by molar-refractivity contribution is 5.92. The van der Waals surface area contributed by atoms with Crippen LogP contribution in [-0.4, -0.2) is 22.2 Å². The lowest BCUT2D eigenvalue weighted by atomic mass is 9.83. The van der Waals surface area contributed by atoms with Crippen LogP contribution < -0.4 is 10.9 Å². The van der Waals surface area contributed by atoms with E-state index >= 15 is 0 Å². The number of aryl methyl sites for hydroxylation is 2. The molecule has 5 nitrogen and oxygen atoms in total. The van der Waals surface area contributed by atoms with Crippen LogP contribution in [0, 0.1) is 0 Å². The van der Waals surface area contributed by atoms with Crippen LogP contribution in [0.25, 0.3) is 0 Å². The fourth-order valence-corrected chi connectivity index (χ4v) is 3.32. The highest BCUT2D eigenvalue weighted by Crippen LogP contribution is 2.30. The van der Waals surface area contributed by atoms with Gasteiger partial charge in [-0.2, -0.15) is 5.10 Å². The molecule has 5 heteroatoms. The predicted octanol–water partition coefficient (Wildman–Crippen LogP) is 2.50. The first kappa shape index (κ1) is 16.4. The van der Waals surface area contributed by atoms with Gasteiger partial charge in [-0.15, -0.1) is 0 Å². The summed E-state index contributed by atoms with van der Waals surface area (Å²) < 4.78 is 1.35. The fourth-order valence-electron chi connectivity index (χ4n) is 3.32. The maximum atomic E-state index is 12.4. The van der Waals surface area contributed by atoms with Crippen molar-refractivity contribution in [1.29, 1.82) is 0 Å². The largest absolute Gasteiger partial charge is 0.350 e. The Morgan fingerprint density at radius 3 is 2.96 bits per heavy atom. The van der Waals surface area contributed by atoms with Crippen molar-refractivity contribution in [2.24, 2.45) is 0 Å². The van der Waals surface area contributed by atoms with E-state index in [0.717, 1.165) is 25.7 Å². The average molecular weight is 325 g/mol. The number of carbonyl (C=O) groups is 1. The summed E-state index contributed by atoms with van der Waals surface area (Å²) in [6.45, 7) is 3.10. The minimum atomic E-state index is -0.220. The van der Waals surface area contributed by atoms with E-state index in [1.54, 1.807) is 0 Å². The quantitative estimate of drug-likeness (QED) is 0.918. The molecule has 1 heterocycles. The molecule has 126 valence electrons. The van der Waals surface area contributed by atoms with Crippen LogP contribution in [0.4, 0.5) is 0 Å². The molecule has 0 aliphatic heterocycles. The number of nitrogens with zero attached hydrogens (tertiary/aromatic N) is 2. The Morgan fingerprint density at radius 2 is 2.12 bits per heavy atom. The zero-order valence-corrected chi connectivity index (χ0v) is 14.0. The normalized spacial score (nSPS) is 16.5. The number of aromatic nitrogens is 2. The van der Waals surface area contributed by atoms with Crippen molar-refractivity contribution >= 4 is 5.91 Å². The number of carbonyl (C=O) groups excluding carboxylic acids is 1. The van der Waals surface area contributed by atoms with Crippen molar-refractivity contribution in [2.45, 2.75) is 45.1 Å². The molecule has 1 N–H and O–H groups in total. The summed E-state index contributed by atoms with van der Waals surface area (Å²) >= 11 is 0. The van der Waals surface area contributed by atoms with E-state index in [-0.39, 0.29) is 11.5 Å². The summed E-state index contributed by atoms with van der Waals surface area (Å²) in [7, 11) is 0. The summed E-state index contributed by atoms with van der Waals surface area (Å²) in [5, 5.41) is 7.14. The zero-order chi connectivity index (χ0) is 16.9. The number of fused-ring (bicyclic) bond motifs is 1. The monoisotopic (exact) mass is 325 g/mol. The molecule has 1 aromatic carbocycles. The lowest BCUT2D eigenvalue weighted by molar-refractivity contribution is 0.0942. The van der Waals surface area contributed by atoms with Gasteiger partial charge in [0.05, 0.1) is 0 Å². The predicted molar refractivity (Wildman–Crippen MR) is 93.2 cm³/mol. The molecule has 0 saturated carbocycles. The molecule has 1 amide bonds. The van der Waals surface area contributed by atoms with Crippen LogP contribution >= 0.6 is 0 Å². The van der Waals surface area contributed by atoms with E-state index in [1.165, 1.54) is 27.9 Å². The molecule has 24 heavy (non-hydrogen) atoms. The van der Waals surface area contributed by atoms with Gasteiger partial charge in [-0.3, -0.25) is 9.59 Å². The lowest BCUT2D eigenvalue weighted by Gasteiger charge is -2.25. The summed E-state index contributed by atoms with van der Waals surface area (Å²) in [6.07, 6.45) is 4.15. The second-order valence-electron chi connectivity index (χ2n) is 6.28. The third kappa shape index (κ3) is 3.55. The van der Waals surface area contributed by atoms with E-state index in [0.29, 0.717) is 24.7 Å². The molecule has 1 aromatic heterocycles. The second-order valence-corrected chi connectivity index (χ2v) is 6.28. The van der Waals surface area contributed by atoms with Crippen molar-refractivity contribution in [2.75, 3.05) is 6.54 Å². The Morgan fingerprint density at radius 1 is 1.29 bits per heavy atom. The number of hydrogen-bond donors (Lipinski definition) is 1. The van der Waals surface area contributed by atoms with Crippen LogP contribution in [0.5, 0.6) is 0 Å². The van der Waals surface area contributed by atoms with Crippen LogP contribution in [0.1, 0.15) is 53.7 Å². The molecule has 1 unspecified atom stereocenters. The first-order valence-electron chi connectivity index (χ1n) is 8.63. The maximum Gasteiger partial charge on any atom is 0.271 e. The number of rotatable bonds is 5. The van der Waals surface area contributed by atoms with Gasteiger partial charge in [0, 0.05) is 25.1 Å². The number of nitrogens with one attached hydrogen (secondary N) is 1. The highest BCUT2D eigenvalue weighted by atomic mass is 16.2. The molecule has 1 atom stereocenters. The number of amides is 1. The molecule has 2 aromatic rings. The summed E-state index contributed by atoms with van der Waals surface area (Å²) in [4.78, 5) is 24.1. The molecule has 0 saturated heterocycles. The van der Waals surface area contributed by atoms with Crippen molar-refractivity contribution in [3.63, 3.8) is 0 Å². The molecular weight excluding hydrogens is 302 g/mol. The van der Waals surface area contributed by atoms with Gasteiger partial charge in [0.1, 0.15) is 5.69 Å². The molecule has 0 bridgehead atoms. The van der Waals surface area contributed by atoms with Gasteiger partial charge >= 0.3 is 0 Å². The molecule has 0 radical (unpaired) electrons. The maximum absolute atomic E-state index is 12.4. The SMILES string of the molecule is CCCn1nc(C(=O)NCC2CCCc3ccccc32)ccc1=O. The Hall–Kier alpha value is -2.43. The minimum absolute atomic E-state index is 0.172. The van der Waals surface area contributed by atoms with Crippen molar-refractivity contribution in [3.8, 4) is 0 Å². The molecular formula is C19H23N3O2. The van der Waals surface area contributed by atoms with Gasteiger partial charge in [-0.25, -0.2) is 4.68 Å². The van der Waals surface area contributed by atoms with Gasteiger partial charge in [0.15, 0.2) is 0 Å². The van der Waals surface area contributed by atoms with E-state index in [2.05, 4.69) is 34.7 Å². The van der Waals surface area contributed by atoms with Gasteiger partial charge in [0.25, 0.3) is 11.5 Å². The first-order chi connectivity index (χ1) is 11.7. The standard InChI is InChI=1S/C19H23N3O2/c1-2-12-22-18(23)11-10-17(21-22)19(24)20-13-15-8-5-7-14-6-3-4-9-16(14)15/h3-4,6,9-11,15H,2,5,7-8,12-13H2,1H3,(H,20,24). The smallest absolute Gasteiger partial charge is 0.271 e. The van der Waals surface area contributed by atoms with Crippen LogP contribution in [0.3, 0.4) is 0 Å². The molecule has 1 aliphatic rings. The van der Waals surface area contributed by atoms with Gasteiger partial charge in [-0.05, 0) is 42.9 Å². The molecule has 0 spiro atoms. The number of benzene rings is 1. The van der Waals surface area contributed by atoms with E-state index in [4.69, 9.17) is 0 Å². The topological polar surface area (TPSA) is 64.0 Å². The Kier molecular flexibility index (Phi) is 5.08. The van der Waals surface area contributed by atoms with E-state index in [1.807, 2.05) is 6.92 Å². The van der Waals surface area contributed by atoms with Gasteiger partial charge in [-0.1, -0.05) is 31.2 Å². The first-order valence-corrected chi connectivity index (χ1v) is 8.63. The minimum Gasteiger partial charge on any atom is -0.350 e. The van der Waals surface area contributed by atoms with Crippen LogP contribution in [0.2, 0.25) is 0 Å². The summed E-state index contributed by atoms with van der Waals surface area (Å²) in [6, 6.07) is 11.4. The van der Waals surface area contributed by atoms with Crippen molar-refractivity contribution in [1.82, 2.24) is 15.1 Å². The van der Waals surface area contributed by atoms with E-state index < -0.39 is 0 Å². The summed E-state index contributed by atoms with van der Waals surface area (Å²) in [5.41, 5.74) is 2.85. The Bertz CT molecular complexity index is 782. The fraction of sp³-hybridized carbons (Fsp3) is 0.421. The third-order valence-corrected chi connectivity index (χ3v) is 4.54. The van der Waals surface area contributed by atoms with Gasteiger partial charge in [0.2, 0.25) is 0 Å². The molecule has 0 fully saturated rings. The van der Waals surface area contributed by atoms with Crippen molar-refractivity contribution in [3.05, 3.63) is 63.6 Å². The molecule has 1 aliphatic carbocycles. The second kappa shape index (κ2) is 7.43. The summed E-state index contributed by atoms with van der Waals surface area (Å²) in [5.74, 6) is 0.128. The lowest BCUT2D eigenvalue weighted by Crippen LogP contribution is -2.32. The Labute approximate surface area is 141 Å². The molecule has 3 rings (SSSR count). The number of hydrogen-bond acceptors (Lipinski definition) is 3. The Balaban J connectivity index is 1.68. The van der Waals surface area contributed by atoms with Crippen LogP contribution in [0.15, 0.2) is 41.2 Å². The van der Waals surface area contributed by atoms with Crippen molar-refractivity contribution < 1.29 is 4.79 Å². The van der Waals surface area contributed by atoms with E-state index in [9.17, 15) is 9.59 Å². The average Bonchev–Trinajstić information content (AvgIpc) is 2.61.